The van der Waals surface area contributed by atoms with Gasteiger partial charge >= 0.3 is 6.18 Å². The molecule has 2 atom stereocenters. The molecule has 0 amide bonds. The highest BCUT2D eigenvalue weighted by Crippen LogP contribution is 2.37. The van der Waals surface area contributed by atoms with E-state index in [9.17, 15) is 13.2 Å². The lowest BCUT2D eigenvalue weighted by atomic mass is 9.99. The first-order valence-electron chi connectivity index (χ1n) is 9.55. The second kappa shape index (κ2) is 8.97. The SMILES string of the molecule is CC(C)C(Oc1ccccc1C(F)(F)F)C1CN(Cc2ccccc2)CCO1. The van der Waals surface area contributed by atoms with E-state index >= 15 is 0 Å². The van der Waals surface area contributed by atoms with Gasteiger partial charge in [0.1, 0.15) is 18.0 Å². The Morgan fingerprint density at radius 1 is 1.07 bits per heavy atom. The number of benzene rings is 2. The molecule has 0 saturated carbocycles. The molecule has 2 aromatic carbocycles. The van der Waals surface area contributed by atoms with E-state index < -0.39 is 17.8 Å². The van der Waals surface area contributed by atoms with Crippen molar-refractivity contribution in [2.24, 2.45) is 5.92 Å². The minimum absolute atomic E-state index is 0.00275. The Hall–Kier alpha value is -2.05. The standard InChI is InChI=1S/C22H26F3NO2/c1-16(2)21(28-19-11-7-6-10-18(19)22(23,24)25)20-15-26(12-13-27-20)14-17-8-4-3-5-9-17/h3-11,16,20-21H,12-15H2,1-2H3. The van der Waals surface area contributed by atoms with Gasteiger partial charge in [-0.15, -0.1) is 0 Å². The van der Waals surface area contributed by atoms with Gasteiger partial charge in [-0.05, 0) is 23.6 Å². The van der Waals surface area contributed by atoms with Gasteiger partial charge in [0, 0.05) is 19.6 Å². The summed E-state index contributed by atoms with van der Waals surface area (Å²) in [4.78, 5) is 2.26. The topological polar surface area (TPSA) is 21.7 Å². The van der Waals surface area contributed by atoms with Crippen LogP contribution in [0.1, 0.15) is 25.0 Å². The molecule has 0 radical (unpaired) electrons. The fourth-order valence-corrected chi connectivity index (χ4v) is 3.51. The van der Waals surface area contributed by atoms with Crippen LogP contribution in [0, 0.1) is 5.92 Å². The molecule has 2 unspecified atom stereocenters. The molecule has 0 aliphatic carbocycles. The summed E-state index contributed by atoms with van der Waals surface area (Å²) in [6, 6.07) is 15.5. The maximum Gasteiger partial charge on any atom is 0.419 e. The van der Waals surface area contributed by atoms with E-state index in [1.165, 1.54) is 17.7 Å². The summed E-state index contributed by atoms with van der Waals surface area (Å²) in [6.45, 7) is 6.61. The van der Waals surface area contributed by atoms with Crippen molar-refractivity contribution in [3.05, 3.63) is 65.7 Å². The Kier molecular flexibility index (Phi) is 6.62. The third kappa shape index (κ3) is 5.26. The molecule has 28 heavy (non-hydrogen) atoms. The monoisotopic (exact) mass is 393 g/mol. The molecule has 0 N–H and O–H groups in total. The highest BCUT2D eigenvalue weighted by atomic mass is 19.4. The number of hydrogen-bond acceptors (Lipinski definition) is 3. The van der Waals surface area contributed by atoms with E-state index in [4.69, 9.17) is 9.47 Å². The maximum absolute atomic E-state index is 13.3. The van der Waals surface area contributed by atoms with E-state index in [1.807, 2.05) is 32.0 Å². The van der Waals surface area contributed by atoms with Gasteiger partial charge in [0.25, 0.3) is 0 Å². The molecule has 6 heteroatoms. The van der Waals surface area contributed by atoms with Crippen molar-refractivity contribution in [1.82, 2.24) is 4.90 Å². The van der Waals surface area contributed by atoms with Crippen LogP contribution in [-0.4, -0.2) is 36.8 Å². The van der Waals surface area contributed by atoms with Gasteiger partial charge in [-0.1, -0.05) is 56.3 Å². The zero-order valence-electron chi connectivity index (χ0n) is 16.2. The first-order chi connectivity index (χ1) is 13.3. The summed E-state index contributed by atoms with van der Waals surface area (Å²) in [7, 11) is 0. The average molecular weight is 393 g/mol. The van der Waals surface area contributed by atoms with E-state index in [2.05, 4.69) is 17.0 Å². The molecule has 2 aromatic rings. The van der Waals surface area contributed by atoms with Crippen LogP contribution < -0.4 is 4.74 Å². The van der Waals surface area contributed by atoms with Crippen molar-refractivity contribution >= 4 is 0 Å². The third-order valence-electron chi connectivity index (χ3n) is 4.91. The minimum Gasteiger partial charge on any atom is -0.487 e. The molecule has 1 fully saturated rings. The summed E-state index contributed by atoms with van der Waals surface area (Å²) in [5.41, 5.74) is 0.449. The molecule has 0 aromatic heterocycles. The number of rotatable bonds is 6. The summed E-state index contributed by atoms with van der Waals surface area (Å²) in [5.74, 6) is -0.138. The van der Waals surface area contributed by atoms with Crippen LogP contribution in [0.2, 0.25) is 0 Å². The Morgan fingerprint density at radius 3 is 2.43 bits per heavy atom. The third-order valence-corrected chi connectivity index (χ3v) is 4.91. The highest BCUT2D eigenvalue weighted by Gasteiger charge is 2.37. The lowest BCUT2D eigenvalue weighted by Crippen LogP contribution is -2.50. The number of para-hydroxylation sites is 1. The maximum atomic E-state index is 13.3. The normalized spacial score (nSPS) is 19.6. The van der Waals surface area contributed by atoms with Crippen LogP contribution in [0.15, 0.2) is 54.6 Å². The van der Waals surface area contributed by atoms with Gasteiger partial charge in [0.2, 0.25) is 0 Å². The Labute approximate surface area is 164 Å². The van der Waals surface area contributed by atoms with Crippen molar-refractivity contribution in [1.29, 1.82) is 0 Å². The first-order valence-corrected chi connectivity index (χ1v) is 9.55. The van der Waals surface area contributed by atoms with Crippen molar-refractivity contribution in [2.45, 2.75) is 38.8 Å². The molecule has 0 spiro atoms. The fourth-order valence-electron chi connectivity index (χ4n) is 3.51. The molecule has 3 rings (SSSR count). The summed E-state index contributed by atoms with van der Waals surface area (Å²) >= 11 is 0. The summed E-state index contributed by atoms with van der Waals surface area (Å²) in [6.07, 6.45) is -5.22. The lowest BCUT2D eigenvalue weighted by Gasteiger charge is -2.38. The van der Waals surface area contributed by atoms with Crippen LogP contribution in [0.4, 0.5) is 13.2 Å². The predicted molar refractivity (Wildman–Crippen MR) is 102 cm³/mol. The molecular formula is C22H26F3NO2. The molecule has 3 nitrogen and oxygen atoms in total. The van der Waals surface area contributed by atoms with Crippen molar-refractivity contribution in [3.63, 3.8) is 0 Å². The largest absolute Gasteiger partial charge is 0.487 e. The van der Waals surface area contributed by atoms with Gasteiger partial charge < -0.3 is 9.47 Å². The van der Waals surface area contributed by atoms with Gasteiger partial charge in [-0.3, -0.25) is 4.90 Å². The van der Waals surface area contributed by atoms with E-state index in [0.717, 1.165) is 19.2 Å². The second-order valence-electron chi connectivity index (χ2n) is 7.45. The average Bonchev–Trinajstić information content (AvgIpc) is 2.66. The summed E-state index contributed by atoms with van der Waals surface area (Å²) in [5, 5.41) is 0. The summed E-state index contributed by atoms with van der Waals surface area (Å²) < 4.78 is 51.8. The van der Waals surface area contributed by atoms with Crippen molar-refractivity contribution in [2.75, 3.05) is 19.7 Å². The van der Waals surface area contributed by atoms with Gasteiger partial charge in [0.05, 0.1) is 12.2 Å². The lowest BCUT2D eigenvalue weighted by molar-refractivity contribution is -0.141. The second-order valence-corrected chi connectivity index (χ2v) is 7.45. The van der Waals surface area contributed by atoms with Gasteiger partial charge in [0.15, 0.2) is 0 Å². The van der Waals surface area contributed by atoms with E-state index in [-0.39, 0.29) is 17.8 Å². The first kappa shape index (κ1) is 20.7. The predicted octanol–water partition coefficient (Wildman–Crippen LogP) is 5.01. The smallest absolute Gasteiger partial charge is 0.419 e. The Bertz CT molecular complexity index is 749. The molecule has 152 valence electrons. The molecule has 1 aliphatic rings. The minimum atomic E-state index is -4.45. The molecule has 1 heterocycles. The van der Waals surface area contributed by atoms with Crippen LogP contribution in [-0.2, 0) is 17.5 Å². The van der Waals surface area contributed by atoms with Crippen LogP contribution in [0.5, 0.6) is 5.75 Å². The number of morpholine rings is 1. The molecular weight excluding hydrogens is 367 g/mol. The molecule has 1 saturated heterocycles. The number of nitrogens with zero attached hydrogens (tertiary/aromatic N) is 1. The zero-order valence-corrected chi connectivity index (χ0v) is 16.2. The zero-order chi connectivity index (χ0) is 20.1. The van der Waals surface area contributed by atoms with Gasteiger partial charge in [-0.2, -0.15) is 13.2 Å². The molecule has 1 aliphatic heterocycles. The number of alkyl halides is 3. The Morgan fingerprint density at radius 2 is 1.75 bits per heavy atom. The quantitative estimate of drug-likeness (QED) is 0.689. The number of hydrogen-bond donors (Lipinski definition) is 0. The number of halogens is 3. The highest BCUT2D eigenvalue weighted by molar-refractivity contribution is 5.35. The fraction of sp³-hybridized carbons (Fsp3) is 0.455. The van der Waals surface area contributed by atoms with Gasteiger partial charge in [-0.25, -0.2) is 0 Å². The van der Waals surface area contributed by atoms with E-state index in [1.54, 1.807) is 6.07 Å². The van der Waals surface area contributed by atoms with Crippen LogP contribution >= 0.6 is 0 Å². The van der Waals surface area contributed by atoms with Crippen LogP contribution in [0.3, 0.4) is 0 Å². The van der Waals surface area contributed by atoms with Crippen LogP contribution in [0.25, 0.3) is 0 Å². The van der Waals surface area contributed by atoms with Crippen molar-refractivity contribution < 1.29 is 22.6 Å². The molecule has 0 bridgehead atoms. The Balaban J connectivity index is 1.74. The van der Waals surface area contributed by atoms with Crippen molar-refractivity contribution in [3.8, 4) is 5.75 Å². The number of ether oxygens (including phenoxy) is 2. The van der Waals surface area contributed by atoms with E-state index in [0.29, 0.717) is 13.2 Å².